The van der Waals surface area contributed by atoms with Gasteiger partial charge in [0.15, 0.2) is 0 Å². The summed E-state index contributed by atoms with van der Waals surface area (Å²) in [5, 5.41) is 4.89. The largest absolute Gasteiger partial charge is 0.327 e. The molecule has 3 rings (SSSR count). The summed E-state index contributed by atoms with van der Waals surface area (Å²) in [6.45, 7) is 5.81. The fourth-order valence-corrected chi connectivity index (χ4v) is 3.32. The molecule has 0 radical (unpaired) electrons. The second-order valence-corrected chi connectivity index (χ2v) is 6.71. The molecule has 0 aliphatic heterocycles. The molecule has 122 valence electrons. The summed E-state index contributed by atoms with van der Waals surface area (Å²) in [6, 6.07) is 1.99. The molecule has 2 aromatic heterocycles. The summed E-state index contributed by atoms with van der Waals surface area (Å²) in [5.41, 5.74) is 3.16. The third kappa shape index (κ3) is 3.11. The Morgan fingerprint density at radius 2 is 2.13 bits per heavy atom. The highest BCUT2D eigenvalue weighted by Crippen LogP contribution is 2.37. The number of hydrogen-bond acceptors (Lipinski definition) is 3. The Morgan fingerprint density at radius 3 is 2.65 bits per heavy atom. The number of amides is 1. The lowest BCUT2D eigenvalue weighted by molar-refractivity contribution is 0.0669. The van der Waals surface area contributed by atoms with Gasteiger partial charge in [0.1, 0.15) is 0 Å². The number of pyridine rings is 1. The first-order valence-electron chi connectivity index (χ1n) is 7.83. The molecule has 1 fully saturated rings. The van der Waals surface area contributed by atoms with Gasteiger partial charge in [-0.25, -0.2) is 0 Å². The number of hydrogen-bond donors (Lipinski definition) is 0. The van der Waals surface area contributed by atoms with Crippen LogP contribution in [-0.4, -0.2) is 31.6 Å². The van der Waals surface area contributed by atoms with Gasteiger partial charge in [-0.15, -0.1) is 0 Å². The average molecular weight is 333 g/mol. The van der Waals surface area contributed by atoms with E-state index in [4.69, 9.17) is 11.6 Å². The molecule has 0 bridgehead atoms. The fraction of sp³-hybridized carbons (Fsp3) is 0.471. The molecule has 1 saturated carbocycles. The van der Waals surface area contributed by atoms with Crippen LogP contribution in [0.25, 0.3) is 0 Å². The van der Waals surface area contributed by atoms with Crippen molar-refractivity contribution < 1.29 is 4.79 Å². The topological polar surface area (TPSA) is 51.0 Å². The maximum absolute atomic E-state index is 13.1. The van der Waals surface area contributed by atoms with Crippen molar-refractivity contribution in [3.8, 4) is 0 Å². The van der Waals surface area contributed by atoms with Crippen molar-refractivity contribution in [2.75, 3.05) is 0 Å². The predicted octanol–water partition coefficient (Wildman–Crippen LogP) is 3.45. The van der Waals surface area contributed by atoms with E-state index in [0.717, 1.165) is 29.8 Å². The van der Waals surface area contributed by atoms with Crippen molar-refractivity contribution in [1.82, 2.24) is 19.7 Å². The van der Waals surface area contributed by atoms with Crippen LogP contribution in [0.15, 0.2) is 18.5 Å². The molecule has 2 aromatic rings. The number of carbonyl (C=O) groups is 1. The highest BCUT2D eigenvalue weighted by molar-refractivity contribution is 6.31. The Bertz CT molecular complexity index is 751. The van der Waals surface area contributed by atoms with Crippen molar-refractivity contribution in [3.63, 3.8) is 0 Å². The molecule has 0 saturated heterocycles. The minimum absolute atomic E-state index is 0.00374. The van der Waals surface area contributed by atoms with E-state index in [9.17, 15) is 4.79 Å². The SMILES string of the molecule is Cc1cnc(C(C)N(C(=O)c2cn(C)nc2C)C2CC2)c(Cl)c1. The summed E-state index contributed by atoms with van der Waals surface area (Å²) < 4.78 is 1.68. The maximum atomic E-state index is 13.1. The van der Waals surface area contributed by atoms with Gasteiger partial charge in [-0.1, -0.05) is 11.6 Å². The molecule has 1 aliphatic rings. The Morgan fingerprint density at radius 1 is 1.43 bits per heavy atom. The first-order chi connectivity index (χ1) is 10.9. The summed E-state index contributed by atoms with van der Waals surface area (Å²) >= 11 is 6.36. The van der Waals surface area contributed by atoms with Crippen LogP contribution in [0.5, 0.6) is 0 Å². The summed E-state index contributed by atoms with van der Waals surface area (Å²) in [4.78, 5) is 19.4. The molecule has 0 aromatic carbocycles. The van der Waals surface area contributed by atoms with Crippen LogP contribution in [0.3, 0.4) is 0 Å². The number of halogens is 1. The van der Waals surface area contributed by atoms with Gasteiger partial charge in [0.25, 0.3) is 5.91 Å². The first kappa shape index (κ1) is 16.0. The molecule has 2 heterocycles. The number of carbonyl (C=O) groups excluding carboxylic acids is 1. The molecule has 0 N–H and O–H groups in total. The van der Waals surface area contributed by atoms with Crippen LogP contribution >= 0.6 is 11.6 Å². The molecule has 1 atom stereocenters. The molecular weight excluding hydrogens is 312 g/mol. The number of rotatable bonds is 4. The Labute approximate surface area is 141 Å². The van der Waals surface area contributed by atoms with Gasteiger partial charge in [0.05, 0.1) is 28.0 Å². The Hall–Kier alpha value is -1.88. The highest BCUT2D eigenvalue weighted by atomic mass is 35.5. The average Bonchev–Trinajstić information content (AvgIpc) is 3.23. The molecule has 5 nitrogen and oxygen atoms in total. The second-order valence-electron chi connectivity index (χ2n) is 6.30. The van der Waals surface area contributed by atoms with Gasteiger partial charge in [-0.2, -0.15) is 5.10 Å². The van der Waals surface area contributed by atoms with E-state index in [-0.39, 0.29) is 18.0 Å². The van der Waals surface area contributed by atoms with Gasteiger partial charge in [0.2, 0.25) is 0 Å². The van der Waals surface area contributed by atoms with E-state index in [1.165, 1.54) is 0 Å². The normalized spacial score (nSPS) is 15.5. The molecule has 6 heteroatoms. The molecule has 0 spiro atoms. The van der Waals surface area contributed by atoms with E-state index in [1.807, 2.05) is 38.8 Å². The van der Waals surface area contributed by atoms with Gasteiger partial charge >= 0.3 is 0 Å². The van der Waals surface area contributed by atoms with E-state index in [2.05, 4.69) is 10.1 Å². The predicted molar refractivity (Wildman–Crippen MR) is 89.5 cm³/mol. The Balaban J connectivity index is 1.95. The summed E-state index contributed by atoms with van der Waals surface area (Å²) in [7, 11) is 1.83. The van der Waals surface area contributed by atoms with Crippen molar-refractivity contribution in [1.29, 1.82) is 0 Å². The zero-order valence-electron chi connectivity index (χ0n) is 13.9. The van der Waals surface area contributed by atoms with E-state index in [1.54, 1.807) is 17.1 Å². The number of nitrogens with zero attached hydrogens (tertiary/aromatic N) is 4. The fourth-order valence-electron chi connectivity index (χ4n) is 2.94. The van der Waals surface area contributed by atoms with Gasteiger partial charge in [-0.05, 0) is 45.2 Å². The molecule has 1 amide bonds. The minimum atomic E-state index is -0.164. The third-order valence-corrected chi connectivity index (χ3v) is 4.54. The van der Waals surface area contributed by atoms with Crippen LogP contribution in [0.4, 0.5) is 0 Å². The van der Waals surface area contributed by atoms with Crippen LogP contribution < -0.4 is 0 Å². The maximum Gasteiger partial charge on any atom is 0.258 e. The molecule has 1 aliphatic carbocycles. The van der Waals surface area contributed by atoms with Gasteiger partial charge in [-0.3, -0.25) is 14.5 Å². The van der Waals surface area contributed by atoms with Crippen LogP contribution in [0, 0.1) is 13.8 Å². The molecule has 1 unspecified atom stereocenters. The zero-order valence-corrected chi connectivity index (χ0v) is 14.6. The molecule has 23 heavy (non-hydrogen) atoms. The minimum Gasteiger partial charge on any atom is -0.327 e. The smallest absolute Gasteiger partial charge is 0.258 e. The summed E-state index contributed by atoms with van der Waals surface area (Å²) in [6.07, 6.45) is 5.63. The van der Waals surface area contributed by atoms with Crippen molar-refractivity contribution >= 4 is 17.5 Å². The van der Waals surface area contributed by atoms with Gasteiger partial charge in [0, 0.05) is 25.5 Å². The second kappa shape index (κ2) is 5.96. The first-order valence-corrected chi connectivity index (χ1v) is 8.21. The van der Waals surface area contributed by atoms with Crippen LogP contribution in [0.1, 0.15) is 53.1 Å². The monoisotopic (exact) mass is 332 g/mol. The van der Waals surface area contributed by atoms with Crippen LogP contribution in [-0.2, 0) is 7.05 Å². The lowest BCUT2D eigenvalue weighted by Gasteiger charge is -2.29. The van der Waals surface area contributed by atoms with Crippen molar-refractivity contribution in [2.45, 2.75) is 45.7 Å². The standard InChI is InChI=1S/C17H21ClN4O/c1-10-7-15(18)16(19-8-10)12(3)22(13-5-6-13)17(23)14-9-21(4)20-11(14)2/h7-9,12-13H,5-6H2,1-4H3. The summed E-state index contributed by atoms with van der Waals surface area (Å²) in [5.74, 6) is 0.00374. The van der Waals surface area contributed by atoms with E-state index in [0.29, 0.717) is 10.6 Å². The quantitative estimate of drug-likeness (QED) is 0.861. The van der Waals surface area contributed by atoms with Crippen molar-refractivity contribution in [3.05, 3.63) is 46.0 Å². The lowest BCUT2D eigenvalue weighted by atomic mass is 10.1. The highest BCUT2D eigenvalue weighted by Gasteiger charge is 2.38. The lowest BCUT2D eigenvalue weighted by Crippen LogP contribution is -2.36. The van der Waals surface area contributed by atoms with Crippen LogP contribution in [0.2, 0.25) is 5.02 Å². The van der Waals surface area contributed by atoms with E-state index >= 15 is 0 Å². The van der Waals surface area contributed by atoms with E-state index < -0.39 is 0 Å². The number of aromatic nitrogens is 3. The third-order valence-electron chi connectivity index (χ3n) is 4.24. The van der Waals surface area contributed by atoms with Crippen molar-refractivity contribution in [2.24, 2.45) is 7.05 Å². The molecular formula is C17H21ClN4O. The number of aryl methyl sites for hydroxylation is 3. The van der Waals surface area contributed by atoms with Gasteiger partial charge < -0.3 is 4.90 Å². The Kier molecular flexibility index (Phi) is 4.15. The zero-order chi connectivity index (χ0) is 16.7.